The summed E-state index contributed by atoms with van der Waals surface area (Å²) in [5, 5.41) is 0. The van der Waals surface area contributed by atoms with E-state index in [0.717, 1.165) is 24.8 Å². The second-order valence-corrected chi connectivity index (χ2v) is 5.64. The Morgan fingerprint density at radius 2 is 1.91 bits per heavy atom. The van der Waals surface area contributed by atoms with Crippen molar-refractivity contribution in [3.05, 3.63) is 47.2 Å². The number of amides is 1. The molecule has 1 aromatic carbocycles. The Hall–Kier alpha value is -2.04. The molecular weight excluding hydrogens is 285 g/mol. The molecule has 2 aliphatic rings. The standard InChI is InChI=1S/C17H20FNO3/c1-12-16(22-11-10-21-12)17(20)19-9-3-2-4-15(19)13-5-7-14(18)8-6-13/h5-8,15H,2-4,9-11H2,1H3. The smallest absolute Gasteiger partial charge is 0.293 e. The van der Waals surface area contributed by atoms with E-state index in [4.69, 9.17) is 9.47 Å². The summed E-state index contributed by atoms with van der Waals surface area (Å²) in [6.07, 6.45) is 2.91. The van der Waals surface area contributed by atoms with Gasteiger partial charge in [0.25, 0.3) is 5.91 Å². The number of hydrogen-bond donors (Lipinski definition) is 0. The topological polar surface area (TPSA) is 38.8 Å². The second-order valence-electron chi connectivity index (χ2n) is 5.64. The van der Waals surface area contributed by atoms with Crippen molar-refractivity contribution in [1.82, 2.24) is 4.90 Å². The SMILES string of the molecule is CC1=C(C(=O)N2CCCCC2c2ccc(F)cc2)OCCO1. The molecule has 1 atom stereocenters. The minimum atomic E-state index is -0.264. The van der Waals surface area contributed by atoms with Crippen molar-refractivity contribution in [2.75, 3.05) is 19.8 Å². The molecule has 22 heavy (non-hydrogen) atoms. The van der Waals surface area contributed by atoms with Gasteiger partial charge in [0.1, 0.15) is 24.8 Å². The van der Waals surface area contributed by atoms with Gasteiger partial charge < -0.3 is 14.4 Å². The first-order valence-electron chi connectivity index (χ1n) is 7.70. The average Bonchev–Trinajstić information content (AvgIpc) is 2.55. The van der Waals surface area contributed by atoms with Crippen LogP contribution in [0, 0.1) is 5.82 Å². The van der Waals surface area contributed by atoms with E-state index in [1.165, 1.54) is 12.1 Å². The quantitative estimate of drug-likeness (QED) is 0.842. The van der Waals surface area contributed by atoms with Gasteiger partial charge in [0, 0.05) is 6.54 Å². The van der Waals surface area contributed by atoms with Crippen LogP contribution in [0.5, 0.6) is 0 Å². The van der Waals surface area contributed by atoms with E-state index in [1.807, 2.05) is 4.90 Å². The fourth-order valence-electron chi connectivity index (χ4n) is 3.05. The number of carbonyl (C=O) groups is 1. The number of carbonyl (C=O) groups excluding carboxylic acids is 1. The van der Waals surface area contributed by atoms with Crippen molar-refractivity contribution in [1.29, 1.82) is 0 Å². The Morgan fingerprint density at radius 3 is 2.64 bits per heavy atom. The van der Waals surface area contributed by atoms with Crippen molar-refractivity contribution in [3.63, 3.8) is 0 Å². The van der Waals surface area contributed by atoms with Crippen LogP contribution in [0.2, 0.25) is 0 Å². The second kappa shape index (κ2) is 6.38. The Balaban J connectivity index is 1.86. The number of likely N-dealkylation sites (tertiary alicyclic amines) is 1. The van der Waals surface area contributed by atoms with Gasteiger partial charge in [-0.1, -0.05) is 12.1 Å². The lowest BCUT2D eigenvalue weighted by molar-refractivity contribution is -0.136. The minimum absolute atomic E-state index is 0.0346. The van der Waals surface area contributed by atoms with Gasteiger partial charge in [-0.25, -0.2) is 4.39 Å². The number of nitrogens with zero attached hydrogens (tertiary/aromatic N) is 1. The third-order valence-electron chi connectivity index (χ3n) is 4.18. The first kappa shape index (κ1) is 14.9. The van der Waals surface area contributed by atoms with Crippen molar-refractivity contribution in [2.45, 2.75) is 32.2 Å². The Kier molecular flexibility index (Phi) is 4.32. The lowest BCUT2D eigenvalue weighted by Gasteiger charge is -2.37. The molecule has 0 spiro atoms. The molecule has 2 aliphatic heterocycles. The highest BCUT2D eigenvalue weighted by atomic mass is 19.1. The highest BCUT2D eigenvalue weighted by molar-refractivity contribution is 5.92. The van der Waals surface area contributed by atoms with Crippen molar-refractivity contribution >= 4 is 5.91 Å². The molecule has 2 heterocycles. The van der Waals surface area contributed by atoms with Crippen LogP contribution in [0.15, 0.2) is 35.8 Å². The number of ether oxygens (including phenoxy) is 2. The fourth-order valence-corrected chi connectivity index (χ4v) is 3.05. The highest BCUT2D eigenvalue weighted by Gasteiger charge is 2.32. The summed E-state index contributed by atoms with van der Waals surface area (Å²) in [5.41, 5.74) is 0.962. The van der Waals surface area contributed by atoms with E-state index in [1.54, 1.807) is 19.1 Å². The molecule has 1 aromatic rings. The lowest BCUT2D eigenvalue weighted by atomic mass is 9.95. The van der Waals surface area contributed by atoms with Gasteiger partial charge in [0.05, 0.1) is 6.04 Å². The van der Waals surface area contributed by atoms with E-state index >= 15 is 0 Å². The minimum Gasteiger partial charge on any atom is -0.491 e. The van der Waals surface area contributed by atoms with Crippen LogP contribution in [0.25, 0.3) is 0 Å². The summed E-state index contributed by atoms with van der Waals surface area (Å²) in [7, 11) is 0. The summed E-state index contributed by atoms with van der Waals surface area (Å²) in [4.78, 5) is 14.6. The molecule has 0 aromatic heterocycles. The van der Waals surface area contributed by atoms with E-state index in [-0.39, 0.29) is 17.8 Å². The number of halogens is 1. The number of rotatable bonds is 2. The molecular formula is C17H20FNO3. The summed E-state index contributed by atoms with van der Waals surface area (Å²) in [5.74, 6) is 0.450. The van der Waals surface area contributed by atoms with Crippen LogP contribution in [0.1, 0.15) is 37.8 Å². The normalized spacial score (nSPS) is 22.1. The molecule has 1 fully saturated rings. The van der Waals surface area contributed by atoms with Gasteiger partial charge in [0.15, 0.2) is 0 Å². The van der Waals surface area contributed by atoms with Gasteiger partial charge in [0.2, 0.25) is 5.76 Å². The molecule has 1 unspecified atom stereocenters. The summed E-state index contributed by atoms with van der Waals surface area (Å²) in [6, 6.07) is 6.36. The number of hydrogen-bond acceptors (Lipinski definition) is 3. The van der Waals surface area contributed by atoms with E-state index < -0.39 is 0 Å². The van der Waals surface area contributed by atoms with Crippen LogP contribution in [0.4, 0.5) is 4.39 Å². The number of benzene rings is 1. The molecule has 3 rings (SSSR count). The van der Waals surface area contributed by atoms with Gasteiger partial charge in [-0.2, -0.15) is 0 Å². The van der Waals surface area contributed by atoms with Crippen molar-refractivity contribution < 1.29 is 18.7 Å². The summed E-state index contributed by atoms with van der Waals surface area (Å²) in [6.45, 7) is 3.31. The largest absolute Gasteiger partial charge is 0.491 e. The Bertz CT molecular complexity index is 582. The zero-order chi connectivity index (χ0) is 15.5. The van der Waals surface area contributed by atoms with Crippen LogP contribution in [-0.4, -0.2) is 30.6 Å². The molecule has 0 bridgehead atoms. The third-order valence-corrected chi connectivity index (χ3v) is 4.18. The molecule has 0 saturated carbocycles. The molecule has 4 nitrogen and oxygen atoms in total. The van der Waals surface area contributed by atoms with Crippen LogP contribution in [0.3, 0.4) is 0 Å². The predicted molar refractivity (Wildman–Crippen MR) is 79.3 cm³/mol. The van der Waals surface area contributed by atoms with Crippen LogP contribution >= 0.6 is 0 Å². The number of piperidine rings is 1. The zero-order valence-electron chi connectivity index (χ0n) is 12.7. The summed E-state index contributed by atoms with van der Waals surface area (Å²) >= 11 is 0. The molecule has 118 valence electrons. The highest BCUT2D eigenvalue weighted by Crippen LogP contribution is 2.33. The van der Waals surface area contributed by atoms with Gasteiger partial charge >= 0.3 is 0 Å². The Morgan fingerprint density at radius 1 is 1.18 bits per heavy atom. The monoisotopic (exact) mass is 305 g/mol. The van der Waals surface area contributed by atoms with E-state index in [2.05, 4.69) is 0 Å². The Labute approximate surface area is 129 Å². The summed E-state index contributed by atoms with van der Waals surface area (Å²) < 4.78 is 24.1. The zero-order valence-corrected chi connectivity index (χ0v) is 12.7. The fraction of sp³-hybridized carbons (Fsp3) is 0.471. The van der Waals surface area contributed by atoms with Crippen molar-refractivity contribution in [2.24, 2.45) is 0 Å². The van der Waals surface area contributed by atoms with Gasteiger partial charge in [-0.3, -0.25) is 4.79 Å². The third kappa shape index (κ3) is 2.93. The van der Waals surface area contributed by atoms with Gasteiger partial charge in [-0.05, 0) is 43.9 Å². The van der Waals surface area contributed by atoms with Gasteiger partial charge in [-0.15, -0.1) is 0 Å². The van der Waals surface area contributed by atoms with E-state index in [9.17, 15) is 9.18 Å². The molecule has 0 radical (unpaired) electrons. The number of allylic oxidation sites excluding steroid dienone is 1. The lowest BCUT2D eigenvalue weighted by Crippen LogP contribution is -2.40. The van der Waals surface area contributed by atoms with Crippen molar-refractivity contribution in [3.8, 4) is 0 Å². The molecule has 5 heteroatoms. The first-order valence-corrected chi connectivity index (χ1v) is 7.70. The van der Waals surface area contributed by atoms with Crippen LogP contribution < -0.4 is 0 Å². The molecule has 0 aliphatic carbocycles. The maximum Gasteiger partial charge on any atom is 0.293 e. The van der Waals surface area contributed by atoms with Crippen LogP contribution in [-0.2, 0) is 14.3 Å². The first-order chi connectivity index (χ1) is 10.7. The average molecular weight is 305 g/mol. The van der Waals surface area contributed by atoms with E-state index in [0.29, 0.717) is 31.3 Å². The maximum atomic E-state index is 13.1. The molecule has 1 amide bonds. The molecule has 1 saturated heterocycles. The maximum absolute atomic E-state index is 13.1. The predicted octanol–water partition coefficient (Wildman–Crippen LogP) is 3.16. The molecule has 0 N–H and O–H groups in total.